The summed E-state index contributed by atoms with van der Waals surface area (Å²) in [6, 6.07) is 0. The van der Waals surface area contributed by atoms with Crippen molar-refractivity contribution < 1.29 is 54.4 Å². The number of ether oxygens (including phenoxy) is 4. The topological polar surface area (TPSA) is 175 Å². The highest BCUT2D eigenvalue weighted by Gasteiger charge is 2.47. The van der Waals surface area contributed by atoms with E-state index in [0.717, 1.165) is 5.57 Å². The maximum absolute atomic E-state index is 11.9. The summed E-state index contributed by atoms with van der Waals surface area (Å²) in [5.41, 5.74) is 0.690. The SMILES string of the molecule is CC1=CC(=O)CC(C)(C)[C@H]1/C=C/[C@@H](C)O[C@@H]1O[C@H](CO[C@@H]2O[C@@H](CO)[C@H](O)[C@H]2O)[C@@H](O)[C@H](O)[C@H]1O. The molecule has 11 atom stereocenters. The van der Waals surface area contributed by atoms with Crippen LogP contribution in [0.15, 0.2) is 23.8 Å². The van der Waals surface area contributed by atoms with Crippen LogP contribution in [0.1, 0.15) is 34.1 Å². The van der Waals surface area contributed by atoms with Gasteiger partial charge < -0.3 is 49.6 Å². The van der Waals surface area contributed by atoms with E-state index in [4.69, 9.17) is 18.9 Å². The van der Waals surface area contributed by atoms with Crippen LogP contribution in [0.5, 0.6) is 0 Å². The monoisotopic (exact) mass is 502 g/mol. The van der Waals surface area contributed by atoms with Crippen molar-refractivity contribution in [3.05, 3.63) is 23.8 Å². The summed E-state index contributed by atoms with van der Waals surface area (Å²) in [6.45, 7) is 6.81. The predicted octanol–water partition coefficient (Wildman–Crippen LogP) is -1.23. The second-order valence-electron chi connectivity index (χ2n) is 10.3. The Labute approximate surface area is 204 Å². The lowest BCUT2D eigenvalue weighted by molar-refractivity contribution is -0.314. The van der Waals surface area contributed by atoms with Gasteiger partial charge in [0, 0.05) is 12.3 Å². The second-order valence-corrected chi connectivity index (χ2v) is 10.3. The molecule has 0 spiro atoms. The van der Waals surface area contributed by atoms with Gasteiger partial charge in [-0.1, -0.05) is 31.6 Å². The molecule has 11 heteroatoms. The highest BCUT2D eigenvalue weighted by atomic mass is 16.7. The van der Waals surface area contributed by atoms with Crippen LogP contribution in [0, 0.1) is 11.3 Å². The van der Waals surface area contributed by atoms with E-state index in [-0.39, 0.29) is 23.7 Å². The highest BCUT2D eigenvalue weighted by Crippen LogP contribution is 2.40. The number of allylic oxidation sites excluding steroid dienone is 3. The number of hydrogen-bond acceptors (Lipinski definition) is 11. The highest BCUT2D eigenvalue weighted by molar-refractivity contribution is 5.92. The van der Waals surface area contributed by atoms with E-state index in [0.29, 0.717) is 6.42 Å². The minimum atomic E-state index is -1.59. The van der Waals surface area contributed by atoms with Gasteiger partial charge in [0.2, 0.25) is 0 Å². The summed E-state index contributed by atoms with van der Waals surface area (Å²) in [4.78, 5) is 11.9. The molecule has 0 unspecified atom stereocenters. The fourth-order valence-corrected chi connectivity index (χ4v) is 4.87. The Hall–Kier alpha value is -1.25. The zero-order valence-electron chi connectivity index (χ0n) is 20.4. The van der Waals surface area contributed by atoms with Gasteiger partial charge in [0.05, 0.1) is 19.3 Å². The van der Waals surface area contributed by atoms with Crippen LogP contribution in [-0.2, 0) is 23.7 Å². The number of carbonyl (C=O) groups is 1. The summed E-state index contributed by atoms with van der Waals surface area (Å²) < 4.78 is 22.1. The summed E-state index contributed by atoms with van der Waals surface area (Å²) in [7, 11) is 0. The molecule has 2 heterocycles. The number of aliphatic hydroxyl groups excluding tert-OH is 6. The molecule has 0 amide bonds. The molecule has 2 aliphatic heterocycles. The minimum Gasteiger partial charge on any atom is -0.394 e. The molecule has 0 aromatic heterocycles. The van der Waals surface area contributed by atoms with Crippen molar-refractivity contribution in [3.63, 3.8) is 0 Å². The van der Waals surface area contributed by atoms with Crippen LogP contribution in [0.4, 0.5) is 0 Å². The number of ketones is 1. The molecule has 0 saturated carbocycles. The van der Waals surface area contributed by atoms with Crippen LogP contribution in [0.25, 0.3) is 0 Å². The van der Waals surface area contributed by atoms with E-state index >= 15 is 0 Å². The van der Waals surface area contributed by atoms with E-state index in [2.05, 4.69) is 0 Å². The lowest BCUT2D eigenvalue weighted by Crippen LogP contribution is -2.60. The molecular weight excluding hydrogens is 464 g/mol. The molecule has 2 fully saturated rings. The molecular formula is C24H38O11. The Morgan fingerprint density at radius 2 is 1.63 bits per heavy atom. The van der Waals surface area contributed by atoms with Gasteiger partial charge in [0.1, 0.15) is 42.7 Å². The van der Waals surface area contributed by atoms with Crippen molar-refractivity contribution in [1.82, 2.24) is 0 Å². The normalized spacial score (nSPS) is 42.9. The average Bonchev–Trinajstić information content (AvgIpc) is 3.05. The fourth-order valence-electron chi connectivity index (χ4n) is 4.87. The summed E-state index contributed by atoms with van der Waals surface area (Å²) in [6.07, 6.45) is -6.83. The fraction of sp³-hybridized carbons (Fsp3) is 0.792. The minimum absolute atomic E-state index is 0.0212. The molecule has 3 rings (SSSR count). The zero-order valence-corrected chi connectivity index (χ0v) is 20.4. The smallest absolute Gasteiger partial charge is 0.187 e. The lowest BCUT2D eigenvalue weighted by atomic mass is 9.68. The van der Waals surface area contributed by atoms with Crippen LogP contribution in [0.3, 0.4) is 0 Å². The molecule has 3 aliphatic rings. The molecule has 0 aromatic rings. The average molecular weight is 503 g/mol. The summed E-state index contributed by atoms with van der Waals surface area (Å²) >= 11 is 0. The van der Waals surface area contributed by atoms with E-state index in [1.165, 1.54) is 0 Å². The van der Waals surface area contributed by atoms with Gasteiger partial charge in [-0.3, -0.25) is 4.79 Å². The molecule has 1 aliphatic carbocycles. The van der Waals surface area contributed by atoms with Gasteiger partial charge >= 0.3 is 0 Å². The van der Waals surface area contributed by atoms with Crippen molar-refractivity contribution in [2.45, 2.75) is 95.5 Å². The maximum Gasteiger partial charge on any atom is 0.187 e. The molecule has 2 saturated heterocycles. The Morgan fingerprint density at radius 3 is 2.23 bits per heavy atom. The van der Waals surface area contributed by atoms with Gasteiger partial charge in [0.15, 0.2) is 18.4 Å². The van der Waals surface area contributed by atoms with Crippen LogP contribution in [-0.4, -0.2) is 111 Å². The molecule has 6 N–H and O–H groups in total. The third-order valence-corrected chi connectivity index (χ3v) is 6.87. The number of carbonyl (C=O) groups excluding carboxylic acids is 1. The van der Waals surface area contributed by atoms with Crippen LogP contribution < -0.4 is 0 Å². The quantitative estimate of drug-likeness (QED) is 0.219. The zero-order chi connectivity index (χ0) is 26.1. The van der Waals surface area contributed by atoms with Crippen molar-refractivity contribution in [2.24, 2.45) is 11.3 Å². The first-order valence-electron chi connectivity index (χ1n) is 11.8. The van der Waals surface area contributed by atoms with Gasteiger partial charge in [-0.2, -0.15) is 0 Å². The van der Waals surface area contributed by atoms with Crippen molar-refractivity contribution >= 4 is 5.78 Å². The van der Waals surface area contributed by atoms with Gasteiger partial charge in [-0.15, -0.1) is 0 Å². The van der Waals surface area contributed by atoms with E-state index in [1.54, 1.807) is 19.1 Å². The van der Waals surface area contributed by atoms with Gasteiger partial charge in [-0.25, -0.2) is 0 Å². The first kappa shape index (κ1) is 28.3. The molecule has 11 nitrogen and oxygen atoms in total. The third kappa shape index (κ3) is 6.37. The van der Waals surface area contributed by atoms with Crippen molar-refractivity contribution in [1.29, 1.82) is 0 Å². The Kier molecular flexibility index (Phi) is 9.25. The third-order valence-electron chi connectivity index (χ3n) is 6.87. The largest absolute Gasteiger partial charge is 0.394 e. The van der Waals surface area contributed by atoms with Crippen LogP contribution >= 0.6 is 0 Å². The van der Waals surface area contributed by atoms with Crippen LogP contribution in [0.2, 0.25) is 0 Å². The lowest BCUT2D eigenvalue weighted by Gasteiger charge is -2.41. The molecule has 0 bridgehead atoms. The first-order chi connectivity index (χ1) is 16.4. The molecule has 35 heavy (non-hydrogen) atoms. The number of rotatable bonds is 8. The Morgan fingerprint density at radius 1 is 1.03 bits per heavy atom. The number of hydrogen-bond donors (Lipinski definition) is 6. The molecule has 0 aromatic carbocycles. The molecule has 0 radical (unpaired) electrons. The Bertz CT molecular complexity index is 796. The first-order valence-corrected chi connectivity index (χ1v) is 11.8. The van der Waals surface area contributed by atoms with E-state index in [1.807, 2.05) is 26.8 Å². The second kappa shape index (κ2) is 11.4. The van der Waals surface area contributed by atoms with Gasteiger partial charge in [-0.05, 0) is 25.3 Å². The number of aliphatic hydroxyl groups is 6. The summed E-state index contributed by atoms with van der Waals surface area (Å²) in [5.74, 6) is 0.117. The maximum atomic E-state index is 11.9. The predicted molar refractivity (Wildman–Crippen MR) is 121 cm³/mol. The molecule has 200 valence electrons. The van der Waals surface area contributed by atoms with Gasteiger partial charge in [0.25, 0.3) is 0 Å². The van der Waals surface area contributed by atoms with Crippen molar-refractivity contribution in [3.8, 4) is 0 Å². The Balaban J connectivity index is 1.60. The summed E-state index contributed by atoms with van der Waals surface area (Å²) in [5, 5.41) is 60.0. The van der Waals surface area contributed by atoms with E-state index in [9.17, 15) is 35.4 Å². The standard InChI is InChI=1S/C24H38O11/c1-11-7-13(26)8-24(3,4)14(11)6-5-12(2)33-23-21(31)19(29)18(28)16(35-23)10-32-22-20(30)17(27)15(9-25)34-22/h5-7,12,14-23,25,27-31H,8-10H2,1-4H3/b6-5+/t12-,14+,15+,16-,17+,18-,19+,20-,21-,22-,23-/m1/s1. The van der Waals surface area contributed by atoms with Crippen molar-refractivity contribution in [2.75, 3.05) is 13.2 Å². The van der Waals surface area contributed by atoms with E-state index < -0.39 is 68.0 Å².